The summed E-state index contributed by atoms with van der Waals surface area (Å²) in [5.74, 6) is 0.893. The third-order valence-electron chi connectivity index (χ3n) is 4.68. The van der Waals surface area contributed by atoms with Gasteiger partial charge in [-0.2, -0.15) is 0 Å². The molecule has 2 aromatic carbocycles. The summed E-state index contributed by atoms with van der Waals surface area (Å²) in [5, 5.41) is 10.4. The van der Waals surface area contributed by atoms with E-state index >= 15 is 0 Å². The molecule has 0 amide bonds. The second kappa shape index (κ2) is 7.69. The zero-order valence-corrected chi connectivity index (χ0v) is 14.5. The third-order valence-corrected chi connectivity index (χ3v) is 4.68. The van der Waals surface area contributed by atoms with Crippen LogP contribution in [-0.2, 0) is 0 Å². The molecule has 1 saturated heterocycles. The number of ether oxygens (including phenoxy) is 1. The van der Waals surface area contributed by atoms with Crippen LogP contribution < -0.4 is 9.64 Å². The highest BCUT2D eigenvalue weighted by Gasteiger charge is 2.20. The minimum Gasteiger partial charge on any atom is -0.497 e. The molecule has 0 radical (unpaired) electrons. The minimum absolute atomic E-state index is 0.422. The molecule has 1 atom stereocenters. The van der Waals surface area contributed by atoms with E-state index in [0.29, 0.717) is 6.54 Å². The Bertz CT molecular complexity index is 649. The highest BCUT2D eigenvalue weighted by molar-refractivity contribution is 5.51. The smallest absolute Gasteiger partial charge is 0.120 e. The SMILES string of the molecule is COc1cccc(N2CCN(CC(O)c3ccc(C)cc3)CC2)c1. The lowest BCUT2D eigenvalue weighted by Crippen LogP contribution is -2.47. The van der Waals surface area contributed by atoms with Crippen LogP contribution >= 0.6 is 0 Å². The Morgan fingerprint density at radius 2 is 1.75 bits per heavy atom. The fourth-order valence-electron chi connectivity index (χ4n) is 3.13. The van der Waals surface area contributed by atoms with Crippen molar-refractivity contribution < 1.29 is 9.84 Å². The summed E-state index contributed by atoms with van der Waals surface area (Å²) < 4.78 is 5.31. The monoisotopic (exact) mass is 326 g/mol. The molecular weight excluding hydrogens is 300 g/mol. The van der Waals surface area contributed by atoms with Gasteiger partial charge in [0.2, 0.25) is 0 Å². The molecule has 0 spiro atoms. The zero-order chi connectivity index (χ0) is 16.9. The zero-order valence-electron chi connectivity index (χ0n) is 14.5. The predicted molar refractivity (Wildman–Crippen MR) is 97.8 cm³/mol. The van der Waals surface area contributed by atoms with E-state index in [9.17, 15) is 5.11 Å². The number of hydrogen-bond donors (Lipinski definition) is 1. The van der Waals surface area contributed by atoms with Crippen molar-refractivity contribution in [3.05, 3.63) is 59.7 Å². The quantitative estimate of drug-likeness (QED) is 0.916. The highest BCUT2D eigenvalue weighted by atomic mass is 16.5. The summed E-state index contributed by atoms with van der Waals surface area (Å²) in [7, 11) is 1.70. The number of piperazine rings is 1. The normalized spacial score (nSPS) is 16.9. The molecule has 1 N–H and O–H groups in total. The molecule has 1 unspecified atom stereocenters. The molecule has 1 aliphatic heterocycles. The van der Waals surface area contributed by atoms with Crippen molar-refractivity contribution in [3.63, 3.8) is 0 Å². The molecule has 1 aliphatic rings. The van der Waals surface area contributed by atoms with Gasteiger partial charge in [0.15, 0.2) is 0 Å². The van der Waals surface area contributed by atoms with Gasteiger partial charge in [-0.15, -0.1) is 0 Å². The number of methoxy groups -OCH3 is 1. The van der Waals surface area contributed by atoms with Crippen molar-refractivity contribution in [2.75, 3.05) is 44.7 Å². The number of benzene rings is 2. The largest absolute Gasteiger partial charge is 0.497 e. The summed E-state index contributed by atoms with van der Waals surface area (Å²) in [6, 6.07) is 16.4. The van der Waals surface area contributed by atoms with E-state index in [2.05, 4.69) is 41.0 Å². The summed E-state index contributed by atoms with van der Waals surface area (Å²) >= 11 is 0. The van der Waals surface area contributed by atoms with Gasteiger partial charge < -0.3 is 14.7 Å². The lowest BCUT2D eigenvalue weighted by molar-refractivity contribution is 0.109. The Kier molecular flexibility index (Phi) is 5.38. The number of rotatable bonds is 5. The molecule has 4 heteroatoms. The number of aliphatic hydroxyl groups is 1. The van der Waals surface area contributed by atoms with Gasteiger partial charge in [-0.05, 0) is 24.6 Å². The van der Waals surface area contributed by atoms with Gasteiger partial charge in [0.25, 0.3) is 0 Å². The number of hydrogen-bond acceptors (Lipinski definition) is 4. The molecule has 0 aliphatic carbocycles. The van der Waals surface area contributed by atoms with E-state index in [0.717, 1.165) is 37.5 Å². The van der Waals surface area contributed by atoms with Gasteiger partial charge in [0.05, 0.1) is 13.2 Å². The second-order valence-electron chi connectivity index (χ2n) is 6.42. The molecule has 2 aromatic rings. The first kappa shape index (κ1) is 16.8. The molecule has 3 rings (SSSR count). The number of β-amino-alcohol motifs (C(OH)–C–C–N with tert-alkyl or cyclic N) is 1. The fraction of sp³-hybridized carbons (Fsp3) is 0.400. The summed E-state index contributed by atoms with van der Waals surface area (Å²) in [4.78, 5) is 4.71. The van der Waals surface area contributed by atoms with Crippen LogP contribution in [-0.4, -0.2) is 49.8 Å². The number of anilines is 1. The molecule has 4 nitrogen and oxygen atoms in total. The van der Waals surface area contributed by atoms with Crippen LogP contribution in [0.1, 0.15) is 17.2 Å². The van der Waals surface area contributed by atoms with Crippen LogP contribution in [0.25, 0.3) is 0 Å². The maximum atomic E-state index is 10.4. The first-order valence-corrected chi connectivity index (χ1v) is 8.51. The average Bonchev–Trinajstić information content (AvgIpc) is 2.63. The third kappa shape index (κ3) is 4.08. The molecule has 24 heavy (non-hydrogen) atoms. The summed E-state index contributed by atoms with van der Waals surface area (Å²) in [6.07, 6.45) is -0.422. The molecule has 1 fully saturated rings. The van der Waals surface area contributed by atoms with Gasteiger partial charge in [-0.1, -0.05) is 35.9 Å². The van der Waals surface area contributed by atoms with Crippen LogP contribution in [0.15, 0.2) is 48.5 Å². The molecule has 0 aromatic heterocycles. The first-order valence-electron chi connectivity index (χ1n) is 8.51. The second-order valence-corrected chi connectivity index (χ2v) is 6.42. The average molecular weight is 326 g/mol. The Hall–Kier alpha value is -2.04. The Morgan fingerprint density at radius 3 is 2.42 bits per heavy atom. The molecule has 128 valence electrons. The molecule has 1 heterocycles. The molecule has 0 bridgehead atoms. The van der Waals surface area contributed by atoms with E-state index in [1.165, 1.54) is 11.3 Å². The van der Waals surface area contributed by atoms with Crippen molar-refractivity contribution in [2.45, 2.75) is 13.0 Å². The number of nitrogens with zero attached hydrogens (tertiary/aromatic N) is 2. The summed E-state index contributed by atoms with van der Waals surface area (Å²) in [6.45, 7) is 6.60. The first-order chi connectivity index (χ1) is 11.7. The van der Waals surface area contributed by atoms with E-state index < -0.39 is 6.10 Å². The van der Waals surface area contributed by atoms with Crippen molar-refractivity contribution in [3.8, 4) is 5.75 Å². The number of aryl methyl sites for hydroxylation is 1. The standard InChI is InChI=1S/C20H26N2O2/c1-16-6-8-17(9-7-16)20(23)15-21-10-12-22(13-11-21)18-4-3-5-19(14-18)24-2/h3-9,14,20,23H,10-13,15H2,1-2H3. The minimum atomic E-state index is -0.422. The van der Waals surface area contributed by atoms with Gasteiger partial charge in [-0.3, -0.25) is 4.90 Å². The van der Waals surface area contributed by atoms with Crippen molar-refractivity contribution in [2.24, 2.45) is 0 Å². The lowest BCUT2D eigenvalue weighted by Gasteiger charge is -2.37. The Labute approximate surface area is 144 Å². The highest BCUT2D eigenvalue weighted by Crippen LogP contribution is 2.23. The van der Waals surface area contributed by atoms with Gasteiger partial charge in [0.1, 0.15) is 5.75 Å². The van der Waals surface area contributed by atoms with E-state index in [4.69, 9.17) is 4.74 Å². The predicted octanol–water partition coefficient (Wildman–Crippen LogP) is 2.86. The summed E-state index contributed by atoms with van der Waals surface area (Å²) in [5.41, 5.74) is 3.42. The maximum absolute atomic E-state index is 10.4. The van der Waals surface area contributed by atoms with Gasteiger partial charge in [-0.25, -0.2) is 0 Å². The Balaban J connectivity index is 1.54. The van der Waals surface area contributed by atoms with Crippen LogP contribution in [0, 0.1) is 6.92 Å². The Morgan fingerprint density at radius 1 is 1.04 bits per heavy atom. The maximum Gasteiger partial charge on any atom is 0.120 e. The number of aliphatic hydroxyl groups excluding tert-OH is 1. The van der Waals surface area contributed by atoms with E-state index in [-0.39, 0.29) is 0 Å². The van der Waals surface area contributed by atoms with Crippen LogP contribution in [0.3, 0.4) is 0 Å². The molecular formula is C20H26N2O2. The van der Waals surface area contributed by atoms with Crippen molar-refractivity contribution in [1.82, 2.24) is 4.90 Å². The van der Waals surface area contributed by atoms with Crippen molar-refractivity contribution >= 4 is 5.69 Å². The van der Waals surface area contributed by atoms with Crippen molar-refractivity contribution in [1.29, 1.82) is 0 Å². The van der Waals surface area contributed by atoms with Crippen LogP contribution in [0.5, 0.6) is 5.75 Å². The molecule has 0 saturated carbocycles. The van der Waals surface area contributed by atoms with Gasteiger partial charge in [0, 0.05) is 44.5 Å². The fourth-order valence-corrected chi connectivity index (χ4v) is 3.13. The topological polar surface area (TPSA) is 35.9 Å². The van der Waals surface area contributed by atoms with Crippen LogP contribution in [0.2, 0.25) is 0 Å². The van der Waals surface area contributed by atoms with E-state index in [1.54, 1.807) is 7.11 Å². The lowest BCUT2D eigenvalue weighted by atomic mass is 10.1. The van der Waals surface area contributed by atoms with Gasteiger partial charge >= 0.3 is 0 Å². The van der Waals surface area contributed by atoms with Crippen LogP contribution in [0.4, 0.5) is 5.69 Å². The van der Waals surface area contributed by atoms with E-state index in [1.807, 2.05) is 24.3 Å².